The summed E-state index contributed by atoms with van der Waals surface area (Å²) < 4.78 is 6.36. The minimum Gasteiger partial charge on any atom is -0.339 e. The minimum atomic E-state index is -0.621. The van der Waals surface area contributed by atoms with Crippen LogP contribution in [0.1, 0.15) is 29.7 Å². The van der Waals surface area contributed by atoms with Gasteiger partial charge in [-0.1, -0.05) is 23.4 Å². The highest BCUT2D eigenvalue weighted by Crippen LogP contribution is 2.19. The molecule has 2 amide bonds. The second-order valence-electron chi connectivity index (χ2n) is 6.54. The van der Waals surface area contributed by atoms with Crippen molar-refractivity contribution in [2.45, 2.75) is 26.3 Å². The lowest BCUT2D eigenvalue weighted by molar-refractivity contribution is -0.121. The number of hydrazine groups is 1. The van der Waals surface area contributed by atoms with Crippen molar-refractivity contribution in [1.29, 1.82) is 0 Å². The number of carbonyl (C=O) groups excluding carboxylic acids is 2. The van der Waals surface area contributed by atoms with Crippen molar-refractivity contribution in [2.24, 2.45) is 0 Å². The van der Waals surface area contributed by atoms with Crippen molar-refractivity contribution in [3.05, 3.63) is 63.0 Å². The van der Waals surface area contributed by atoms with Gasteiger partial charge in [0.2, 0.25) is 17.6 Å². The van der Waals surface area contributed by atoms with E-state index in [1.54, 1.807) is 31.2 Å². The Morgan fingerprint density at radius 2 is 1.97 bits per heavy atom. The molecule has 0 aliphatic rings. The van der Waals surface area contributed by atoms with E-state index in [1.165, 1.54) is 16.0 Å². The van der Waals surface area contributed by atoms with Gasteiger partial charge in [-0.15, -0.1) is 0 Å². The zero-order valence-corrected chi connectivity index (χ0v) is 17.3. The van der Waals surface area contributed by atoms with Gasteiger partial charge in [-0.25, -0.2) is 4.68 Å². The summed E-state index contributed by atoms with van der Waals surface area (Å²) in [6, 6.07) is 8.58. The van der Waals surface area contributed by atoms with Crippen LogP contribution in [0.5, 0.6) is 0 Å². The summed E-state index contributed by atoms with van der Waals surface area (Å²) >= 11 is 1.52. The van der Waals surface area contributed by atoms with Gasteiger partial charge in [0.25, 0.3) is 11.5 Å². The Bertz CT molecular complexity index is 1290. The molecule has 4 rings (SSSR count). The summed E-state index contributed by atoms with van der Waals surface area (Å²) in [5, 5.41) is 12.6. The van der Waals surface area contributed by atoms with Crippen LogP contribution >= 0.6 is 11.3 Å². The highest BCUT2D eigenvalue weighted by molar-refractivity contribution is 7.08. The number of nitrogens with one attached hydrogen (secondary N) is 2. The van der Waals surface area contributed by atoms with Crippen LogP contribution < -0.4 is 16.4 Å². The zero-order valence-electron chi connectivity index (χ0n) is 16.5. The molecule has 0 fully saturated rings. The van der Waals surface area contributed by atoms with E-state index in [9.17, 15) is 14.4 Å². The van der Waals surface area contributed by atoms with E-state index in [-0.39, 0.29) is 24.1 Å². The lowest BCUT2D eigenvalue weighted by atomic mass is 10.1. The molecule has 0 aliphatic carbocycles. The summed E-state index contributed by atoms with van der Waals surface area (Å²) in [6.45, 7) is 2.07. The number of aromatic nitrogens is 4. The number of rotatable bonds is 6. The van der Waals surface area contributed by atoms with Gasteiger partial charge in [0.05, 0.1) is 5.39 Å². The maximum atomic E-state index is 12.6. The smallest absolute Gasteiger partial charge is 0.290 e. The van der Waals surface area contributed by atoms with Crippen LogP contribution in [0.25, 0.3) is 22.2 Å². The molecule has 0 atom stereocenters. The van der Waals surface area contributed by atoms with Crippen molar-refractivity contribution in [3.63, 3.8) is 0 Å². The molecular weight excluding hydrogens is 420 g/mol. The van der Waals surface area contributed by atoms with Crippen LogP contribution in [0.3, 0.4) is 0 Å². The number of hydrogen-bond acceptors (Lipinski definition) is 8. The average Bonchev–Trinajstić information content (AvgIpc) is 3.48. The molecule has 0 saturated carbocycles. The monoisotopic (exact) mass is 438 g/mol. The molecule has 0 unspecified atom stereocenters. The summed E-state index contributed by atoms with van der Waals surface area (Å²) in [7, 11) is 0. The molecular formula is C20H18N6O4S. The van der Waals surface area contributed by atoms with Crippen molar-refractivity contribution in [1.82, 2.24) is 30.8 Å². The third-order valence-electron chi connectivity index (χ3n) is 4.51. The molecule has 3 aromatic heterocycles. The average molecular weight is 438 g/mol. The van der Waals surface area contributed by atoms with E-state index < -0.39 is 11.8 Å². The quantitative estimate of drug-likeness (QED) is 0.440. The van der Waals surface area contributed by atoms with E-state index in [2.05, 4.69) is 26.1 Å². The van der Waals surface area contributed by atoms with Gasteiger partial charge in [0, 0.05) is 35.7 Å². The first-order chi connectivity index (χ1) is 15.1. The van der Waals surface area contributed by atoms with Gasteiger partial charge < -0.3 is 4.52 Å². The molecule has 0 radical (unpaired) electrons. The zero-order chi connectivity index (χ0) is 21.8. The largest absolute Gasteiger partial charge is 0.339 e. The van der Waals surface area contributed by atoms with E-state index >= 15 is 0 Å². The lowest BCUT2D eigenvalue weighted by Crippen LogP contribution is -2.42. The van der Waals surface area contributed by atoms with E-state index in [1.807, 2.05) is 16.8 Å². The highest BCUT2D eigenvalue weighted by atomic mass is 32.1. The number of hydrogen-bond donors (Lipinski definition) is 2. The first kappa shape index (κ1) is 20.4. The Morgan fingerprint density at radius 3 is 2.71 bits per heavy atom. The van der Waals surface area contributed by atoms with Crippen molar-refractivity contribution >= 4 is 33.9 Å². The van der Waals surface area contributed by atoms with Gasteiger partial charge >= 0.3 is 0 Å². The van der Waals surface area contributed by atoms with Gasteiger partial charge in [-0.3, -0.25) is 25.2 Å². The normalized spacial score (nSPS) is 10.9. The van der Waals surface area contributed by atoms with Gasteiger partial charge in [0.1, 0.15) is 0 Å². The fourth-order valence-electron chi connectivity index (χ4n) is 2.95. The first-order valence-corrected chi connectivity index (χ1v) is 10.4. The molecule has 2 N–H and O–H groups in total. The maximum absolute atomic E-state index is 12.6. The second-order valence-corrected chi connectivity index (χ2v) is 7.32. The summed E-state index contributed by atoms with van der Waals surface area (Å²) in [5.41, 5.74) is 5.32. The number of fused-ring (bicyclic) bond motifs is 1. The number of carbonyl (C=O) groups is 2. The maximum Gasteiger partial charge on any atom is 0.290 e. The summed E-state index contributed by atoms with van der Waals surface area (Å²) in [4.78, 5) is 41.4. The lowest BCUT2D eigenvalue weighted by Gasteiger charge is -2.10. The third kappa shape index (κ3) is 4.36. The number of benzene rings is 1. The molecule has 0 bridgehead atoms. The molecule has 3 heterocycles. The van der Waals surface area contributed by atoms with Gasteiger partial charge in [0.15, 0.2) is 5.69 Å². The Balaban J connectivity index is 1.38. The molecule has 10 nitrogen and oxygen atoms in total. The predicted octanol–water partition coefficient (Wildman–Crippen LogP) is 1.92. The number of thiophene rings is 1. The van der Waals surface area contributed by atoms with Crippen LogP contribution in [0, 0.1) is 0 Å². The van der Waals surface area contributed by atoms with Crippen LogP contribution in [0.15, 0.2) is 50.4 Å². The highest BCUT2D eigenvalue weighted by Gasteiger charge is 2.17. The minimum absolute atomic E-state index is 0.0359. The predicted molar refractivity (Wildman–Crippen MR) is 113 cm³/mol. The third-order valence-corrected chi connectivity index (χ3v) is 5.19. The number of nitrogens with zero attached hydrogens (tertiary/aromatic N) is 4. The Hall–Kier alpha value is -3.86. The standard InChI is InChI=1S/C20H18N6O4S/c1-2-26-20(29)14-6-4-3-5-13(14)17(24-26)19(28)23-22-15(27)7-8-16-21-18(25-30-16)12-9-10-31-11-12/h3-6,9-11H,2,7-8H2,1H3,(H,22,27)(H,23,28). The van der Waals surface area contributed by atoms with Crippen LogP contribution in [0.2, 0.25) is 0 Å². The van der Waals surface area contributed by atoms with E-state index in [0.717, 1.165) is 5.56 Å². The Labute approximate surface area is 179 Å². The Morgan fingerprint density at radius 1 is 1.16 bits per heavy atom. The van der Waals surface area contributed by atoms with Gasteiger partial charge in [-0.05, 0) is 24.4 Å². The molecule has 1 aromatic carbocycles. The second kappa shape index (κ2) is 8.88. The molecule has 11 heteroatoms. The summed E-state index contributed by atoms with van der Waals surface area (Å²) in [6.07, 6.45) is 0.259. The first-order valence-electron chi connectivity index (χ1n) is 9.51. The number of amides is 2. The van der Waals surface area contributed by atoms with E-state index in [0.29, 0.717) is 29.0 Å². The van der Waals surface area contributed by atoms with Crippen LogP contribution in [-0.2, 0) is 17.8 Å². The molecule has 4 aromatic rings. The molecule has 31 heavy (non-hydrogen) atoms. The molecule has 158 valence electrons. The van der Waals surface area contributed by atoms with Crippen molar-refractivity contribution in [3.8, 4) is 11.4 Å². The Kier molecular flexibility index (Phi) is 5.85. The number of aryl methyl sites for hydroxylation is 2. The van der Waals surface area contributed by atoms with Gasteiger partial charge in [-0.2, -0.15) is 21.4 Å². The van der Waals surface area contributed by atoms with Crippen molar-refractivity contribution < 1.29 is 14.1 Å². The fourth-order valence-corrected chi connectivity index (χ4v) is 3.59. The molecule has 0 saturated heterocycles. The van der Waals surface area contributed by atoms with Crippen LogP contribution in [-0.4, -0.2) is 31.7 Å². The van der Waals surface area contributed by atoms with E-state index in [4.69, 9.17) is 4.52 Å². The molecule has 0 aliphatic heterocycles. The fraction of sp³-hybridized carbons (Fsp3) is 0.200. The topological polar surface area (TPSA) is 132 Å². The SMILES string of the molecule is CCn1nc(C(=O)NNC(=O)CCc2nc(-c3ccsc3)no2)c2ccccc2c1=O. The van der Waals surface area contributed by atoms with Crippen LogP contribution in [0.4, 0.5) is 0 Å². The van der Waals surface area contributed by atoms with Crippen molar-refractivity contribution in [2.75, 3.05) is 0 Å². The molecule has 0 spiro atoms. The summed E-state index contributed by atoms with van der Waals surface area (Å²) in [5.74, 6) is -0.264.